The minimum absolute atomic E-state index is 0.403. The van der Waals surface area contributed by atoms with Crippen LogP contribution in [0.4, 0.5) is 4.79 Å². The van der Waals surface area contributed by atoms with Crippen LogP contribution in [0.25, 0.3) is 10.9 Å². The molecular formula is C16H20N2O2. The number of carbonyl (C=O) groups excluding carboxylic acids is 1. The summed E-state index contributed by atoms with van der Waals surface area (Å²) in [6.07, 6.45) is 2.00. The maximum atomic E-state index is 11.8. The first-order chi connectivity index (χ1) is 9.61. The van der Waals surface area contributed by atoms with Crippen molar-refractivity contribution in [2.24, 2.45) is 5.73 Å². The van der Waals surface area contributed by atoms with Crippen molar-refractivity contribution in [3.63, 3.8) is 0 Å². The van der Waals surface area contributed by atoms with Crippen molar-refractivity contribution in [1.29, 1.82) is 0 Å². The molecule has 1 saturated heterocycles. The monoisotopic (exact) mass is 272 g/mol. The van der Waals surface area contributed by atoms with Crippen LogP contribution in [0, 0.1) is 13.8 Å². The number of para-hydroxylation sites is 1. The summed E-state index contributed by atoms with van der Waals surface area (Å²) in [7, 11) is 0. The number of carbonyl (C=O) groups is 1. The predicted molar refractivity (Wildman–Crippen MR) is 79.2 cm³/mol. The SMILES string of the molecule is Cc1c(C)n(C(N)=O)c2c(C3CCOCC3)cccc12. The lowest BCUT2D eigenvalue weighted by Crippen LogP contribution is -2.22. The van der Waals surface area contributed by atoms with Crippen molar-refractivity contribution >= 4 is 16.9 Å². The normalized spacial score (nSPS) is 16.7. The highest BCUT2D eigenvalue weighted by Gasteiger charge is 2.23. The number of aromatic nitrogens is 1. The molecule has 20 heavy (non-hydrogen) atoms. The summed E-state index contributed by atoms with van der Waals surface area (Å²) in [5, 5.41) is 1.13. The molecule has 0 bridgehead atoms. The van der Waals surface area contributed by atoms with E-state index in [1.165, 1.54) is 5.56 Å². The van der Waals surface area contributed by atoms with Gasteiger partial charge in [-0.2, -0.15) is 0 Å². The molecule has 1 aromatic carbocycles. The van der Waals surface area contributed by atoms with Crippen LogP contribution in [0.15, 0.2) is 18.2 Å². The molecule has 0 aliphatic carbocycles. The molecular weight excluding hydrogens is 252 g/mol. The lowest BCUT2D eigenvalue weighted by Gasteiger charge is -2.23. The maximum Gasteiger partial charge on any atom is 0.323 e. The molecule has 106 valence electrons. The van der Waals surface area contributed by atoms with Gasteiger partial charge < -0.3 is 10.5 Å². The Kier molecular flexibility index (Phi) is 3.26. The van der Waals surface area contributed by atoms with Gasteiger partial charge in [0.05, 0.1) is 5.52 Å². The highest BCUT2D eigenvalue weighted by atomic mass is 16.5. The maximum absolute atomic E-state index is 11.8. The lowest BCUT2D eigenvalue weighted by molar-refractivity contribution is 0.0855. The van der Waals surface area contributed by atoms with E-state index in [-0.39, 0.29) is 0 Å². The number of nitrogens with zero attached hydrogens (tertiary/aromatic N) is 1. The fourth-order valence-corrected chi connectivity index (χ4v) is 3.26. The molecule has 1 amide bonds. The average Bonchev–Trinajstić information content (AvgIpc) is 2.72. The van der Waals surface area contributed by atoms with Crippen molar-refractivity contribution in [3.05, 3.63) is 35.0 Å². The third-order valence-electron chi connectivity index (χ3n) is 4.45. The first kappa shape index (κ1) is 13.2. The van der Waals surface area contributed by atoms with E-state index in [9.17, 15) is 4.79 Å². The molecule has 0 spiro atoms. The number of fused-ring (bicyclic) bond motifs is 1. The van der Waals surface area contributed by atoms with Crippen LogP contribution >= 0.6 is 0 Å². The minimum atomic E-state index is -0.403. The third kappa shape index (κ3) is 1.91. The molecule has 0 unspecified atom stereocenters. The third-order valence-corrected chi connectivity index (χ3v) is 4.45. The van der Waals surface area contributed by atoms with Gasteiger partial charge >= 0.3 is 6.03 Å². The Bertz CT molecular complexity index is 667. The molecule has 2 aromatic rings. The van der Waals surface area contributed by atoms with Gasteiger partial charge in [-0.1, -0.05) is 18.2 Å². The standard InChI is InChI=1S/C16H20N2O2/c1-10-11(2)18(16(17)19)15-13(10)4-3-5-14(15)12-6-8-20-9-7-12/h3-5,12H,6-9H2,1-2H3,(H2,17,19). The van der Waals surface area contributed by atoms with Gasteiger partial charge in [-0.15, -0.1) is 0 Å². The van der Waals surface area contributed by atoms with E-state index in [4.69, 9.17) is 10.5 Å². The van der Waals surface area contributed by atoms with Gasteiger partial charge in [0.15, 0.2) is 0 Å². The van der Waals surface area contributed by atoms with Gasteiger partial charge in [-0.05, 0) is 43.7 Å². The van der Waals surface area contributed by atoms with Gasteiger partial charge in [-0.3, -0.25) is 4.57 Å². The first-order valence-electron chi connectivity index (χ1n) is 7.09. The number of aryl methyl sites for hydroxylation is 1. The number of rotatable bonds is 1. The Balaban J connectivity index is 2.27. The van der Waals surface area contributed by atoms with Gasteiger partial charge in [0.2, 0.25) is 0 Å². The summed E-state index contributed by atoms with van der Waals surface area (Å²) in [5.41, 5.74) is 9.87. The Hall–Kier alpha value is -1.81. The smallest absolute Gasteiger partial charge is 0.323 e. The topological polar surface area (TPSA) is 57.2 Å². The van der Waals surface area contributed by atoms with Crippen LogP contribution in [0.5, 0.6) is 0 Å². The predicted octanol–water partition coefficient (Wildman–Crippen LogP) is 3.08. The Labute approximate surface area is 118 Å². The molecule has 2 N–H and O–H groups in total. The second-order valence-corrected chi connectivity index (χ2v) is 5.51. The van der Waals surface area contributed by atoms with E-state index < -0.39 is 6.03 Å². The Morgan fingerprint density at radius 1 is 1.30 bits per heavy atom. The number of amides is 1. The number of ether oxygens (including phenoxy) is 1. The molecule has 0 saturated carbocycles. The first-order valence-corrected chi connectivity index (χ1v) is 7.09. The summed E-state index contributed by atoms with van der Waals surface area (Å²) in [5.74, 6) is 0.444. The minimum Gasteiger partial charge on any atom is -0.381 e. The van der Waals surface area contributed by atoms with Crippen molar-refractivity contribution in [1.82, 2.24) is 4.57 Å². The zero-order valence-electron chi connectivity index (χ0n) is 12.0. The average molecular weight is 272 g/mol. The molecule has 0 radical (unpaired) electrons. The lowest BCUT2D eigenvalue weighted by atomic mass is 9.90. The van der Waals surface area contributed by atoms with Gasteiger partial charge in [0.25, 0.3) is 0 Å². The molecule has 2 heterocycles. The van der Waals surface area contributed by atoms with E-state index in [2.05, 4.69) is 18.2 Å². The number of nitrogens with two attached hydrogens (primary N) is 1. The van der Waals surface area contributed by atoms with E-state index >= 15 is 0 Å². The summed E-state index contributed by atoms with van der Waals surface area (Å²) in [4.78, 5) is 11.8. The van der Waals surface area contributed by atoms with Gasteiger partial charge in [0, 0.05) is 24.3 Å². The van der Waals surface area contributed by atoms with E-state index in [0.717, 1.165) is 48.2 Å². The van der Waals surface area contributed by atoms with Crippen molar-refractivity contribution in [2.75, 3.05) is 13.2 Å². The van der Waals surface area contributed by atoms with Crippen LogP contribution < -0.4 is 5.73 Å². The van der Waals surface area contributed by atoms with Crippen LogP contribution in [0.2, 0.25) is 0 Å². The highest BCUT2D eigenvalue weighted by Crippen LogP contribution is 2.35. The molecule has 1 aromatic heterocycles. The molecule has 0 atom stereocenters. The summed E-state index contributed by atoms with van der Waals surface area (Å²) in [6.45, 7) is 5.57. The molecule has 1 fully saturated rings. The van der Waals surface area contributed by atoms with Crippen LogP contribution in [-0.4, -0.2) is 23.8 Å². The number of benzene rings is 1. The fraction of sp³-hybridized carbons (Fsp3) is 0.438. The fourth-order valence-electron chi connectivity index (χ4n) is 3.26. The number of hydrogen-bond donors (Lipinski definition) is 1. The second-order valence-electron chi connectivity index (χ2n) is 5.51. The molecule has 4 nitrogen and oxygen atoms in total. The van der Waals surface area contributed by atoms with Crippen LogP contribution in [0.1, 0.15) is 35.6 Å². The quantitative estimate of drug-likeness (QED) is 0.867. The van der Waals surface area contributed by atoms with Crippen LogP contribution in [0.3, 0.4) is 0 Å². The van der Waals surface area contributed by atoms with Crippen molar-refractivity contribution in [3.8, 4) is 0 Å². The summed E-state index contributed by atoms with van der Waals surface area (Å²) in [6, 6.07) is 5.86. The van der Waals surface area contributed by atoms with Gasteiger partial charge in [-0.25, -0.2) is 4.79 Å². The zero-order chi connectivity index (χ0) is 14.3. The molecule has 4 heteroatoms. The molecule has 1 aliphatic heterocycles. The highest BCUT2D eigenvalue weighted by molar-refractivity contribution is 5.96. The van der Waals surface area contributed by atoms with E-state index in [0.29, 0.717) is 5.92 Å². The van der Waals surface area contributed by atoms with E-state index in [1.807, 2.05) is 13.8 Å². The van der Waals surface area contributed by atoms with E-state index in [1.54, 1.807) is 4.57 Å². The molecule has 1 aliphatic rings. The molecule has 3 rings (SSSR count). The van der Waals surface area contributed by atoms with Crippen LogP contribution in [-0.2, 0) is 4.74 Å². The number of primary amides is 1. The van der Waals surface area contributed by atoms with Crippen molar-refractivity contribution < 1.29 is 9.53 Å². The summed E-state index contributed by atoms with van der Waals surface area (Å²) >= 11 is 0. The largest absolute Gasteiger partial charge is 0.381 e. The second kappa shape index (κ2) is 4.94. The summed E-state index contributed by atoms with van der Waals surface area (Å²) < 4.78 is 7.10. The zero-order valence-corrected chi connectivity index (χ0v) is 12.0. The number of hydrogen-bond acceptors (Lipinski definition) is 2. The Morgan fingerprint density at radius 2 is 2.00 bits per heavy atom. The van der Waals surface area contributed by atoms with Gasteiger partial charge in [0.1, 0.15) is 0 Å². The Morgan fingerprint density at radius 3 is 2.65 bits per heavy atom. The van der Waals surface area contributed by atoms with Crippen molar-refractivity contribution in [2.45, 2.75) is 32.6 Å².